The number of aromatic nitrogens is 3. The number of piperazine rings is 1. The molecular formula is C28H33FN6O3. The molecule has 0 radical (unpaired) electrons. The summed E-state index contributed by atoms with van der Waals surface area (Å²) < 4.78 is 29.4. The molecule has 5 heterocycles. The number of benzene rings is 1. The lowest BCUT2D eigenvalue weighted by atomic mass is 10.0. The monoisotopic (exact) mass is 520 g/mol. The molecule has 2 aromatic heterocycles. The zero-order valence-corrected chi connectivity index (χ0v) is 21.6. The van der Waals surface area contributed by atoms with Crippen LogP contribution in [-0.2, 0) is 9.53 Å². The second-order valence-electron chi connectivity index (χ2n) is 11.0. The third kappa shape index (κ3) is 4.39. The maximum atomic E-state index is 15.6. The molecule has 0 spiro atoms. The van der Waals surface area contributed by atoms with Crippen LogP contribution in [0.25, 0.3) is 22.3 Å². The molecule has 4 aliphatic rings. The highest BCUT2D eigenvalue weighted by Gasteiger charge is 2.32. The van der Waals surface area contributed by atoms with E-state index in [0.29, 0.717) is 42.2 Å². The Morgan fingerprint density at radius 3 is 2.61 bits per heavy atom. The topological polar surface area (TPSA) is 84.8 Å². The van der Waals surface area contributed by atoms with E-state index in [1.807, 2.05) is 31.5 Å². The van der Waals surface area contributed by atoms with E-state index in [4.69, 9.17) is 14.5 Å². The van der Waals surface area contributed by atoms with Gasteiger partial charge in [0.25, 0.3) is 0 Å². The fourth-order valence-electron chi connectivity index (χ4n) is 5.79. The summed E-state index contributed by atoms with van der Waals surface area (Å²) in [6.45, 7) is 7.85. The molecule has 1 amide bonds. The number of amides is 1. The standard InChI is InChI=1S/C28H33FN6O3/c1-17(18-10-26(36)30-13-18)38-28-27-25(31-16-35(27)19-2-3-19)12-24(32-28)22-5-4-20(11-23(22)29)33-6-8-34(9-7-33)21-14-37-15-21/h4-5,11-12,16-19,21H,2-3,6-10,13-15H2,1H3,(H,30,36)/t17-,18-/m1/s1. The van der Waals surface area contributed by atoms with Gasteiger partial charge in [-0.15, -0.1) is 0 Å². The van der Waals surface area contributed by atoms with Gasteiger partial charge in [-0.25, -0.2) is 14.4 Å². The lowest BCUT2D eigenvalue weighted by molar-refractivity contribution is -0.119. The van der Waals surface area contributed by atoms with Gasteiger partial charge in [0.05, 0.1) is 36.8 Å². The third-order valence-electron chi connectivity index (χ3n) is 8.48. The number of ether oxygens (including phenoxy) is 2. The lowest BCUT2D eigenvalue weighted by Gasteiger charge is -2.43. The van der Waals surface area contributed by atoms with Crippen LogP contribution in [-0.4, -0.2) is 83.4 Å². The van der Waals surface area contributed by atoms with Crippen molar-refractivity contribution in [3.05, 3.63) is 36.4 Å². The highest BCUT2D eigenvalue weighted by molar-refractivity contribution is 5.85. The zero-order chi connectivity index (χ0) is 25.8. The van der Waals surface area contributed by atoms with Crippen LogP contribution in [0.4, 0.5) is 10.1 Å². The molecule has 4 fully saturated rings. The third-order valence-corrected chi connectivity index (χ3v) is 8.48. The summed E-state index contributed by atoms with van der Waals surface area (Å²) in [5.74, 6) is 0.248. The molecule has 10 heteroatoms. The Morgan fingerprint density at radius 1 is 1.13 bits per heavy atom. The lowest BCUT2D eigenvalue weighted by Crippen LogP contribution is -2.56. The summed E-state index contributed by atoms with van der Waals surface area (Å²) in [4.78, 5) is 25.9. The van der Waals surface area contributed by atoms with Gasteiger partial charge in [0.15, 0.2) is 0 Å². The van der Waals surface area contributed by atoms with Crippen LogP contribution < -0.4 is 15.0 Å². The van der Waals surface area contributed by atoms with Gasteiger partial charge in [-0.1, -0.05) is 0 Å². The van der Waals surface area contributed by atoms with E-state index in [0.717, 1.165) is 69.0 Å². The molecule has 3 aromatic rings. The molecule has 1 aromatic carbocycles. The van der Waals surface area contributed by atoms with Crippen molar-refractivity contribution in [2.45, 2.75) is 44.4 Å². The molecule has 200 valence electrons. The predicted molar refractivity (Wildman–Crippen MR) is 141 cm³/mol. The Balaban J connectivity index is 1.16. The van der Waals surface area contributed by atoms with Crippen LogP contribution >= 0.6 is 0 Å². The number of hydrogen-bond donors (Lipinski definition) is 1. The molecule has 1 saturated carbocycles. The van der Waals surface area contributed by atoms with Crippen molar-refractivity contribution in [1.82, 2.24) is 24.8 Å². The average Bonchev–Trinajstić information content (AvgIpc) is 3.48. The molecule has 1 N–H and O–H groups in total. The number of pyridine rings is 1. The fourth-order valence-corrected chi connectivity index (χ4v) is 5.79. The predicted octanol–water partition coefficient (Wildman–Crippen LogP) is 3.00. The molecular weight excluding hydrogens is 487 g/mol. The fraction of sp³-hybridized carbons (Fsp3) is 0.536. The number of nitrogens with one attached hydrogen (secondary N) is 1. The Labute approximate surface area is 220 Å². The average molecular weight is 521 g/mol. The number of hydrogen-bond acceptors (Lipinski definition) is 7. The molecule has 0 unspecified atom stereocenters. The van der Waals surface area contributed by atoms with Crippen LogP contribution in [0, 0.1) is 11.7 Å². The number of imidazole rings is 1. The maximum Gasteiger partial charge on any atom is 0.241 e. The van der Waals surface area contributed by atoms with Crippen molar-refractivity contribution < 1.29 is 18.7 Å². The van der Waals surface area contributed by atoms with E-state index in [1.54, 1.807) is 6.07 Å². The van der Waals surface area contributed by atoms with Gasteiger partial charge in [0.2, 0.25) is 11.8 Å². The summed E-state index contributed by atoms with van der Waals surface area (Å²) in [6, 6.07) is 8.19. The van der Waals surface area contributed by atoms with Crippen molar-refractivity contribution in [2.24, 2.45) is 5.92 Å². The molecule has 7 rings (SSSR count). The second kappa shape index (κ2) is 9.50. The van der Waals surface area contributed by atoms with Gasteiger partial charge >= 0.3 is 0 Å². The first-order chi connectivity index (χ1) is 18.5. The molecule has 38 heavy (non-hydrogen) atoms. The van der Waals surface area contributed by atoms with E-state index in [9.17, 15) is 4.79 Å². The first kappa shape index (κ1) is 23.8. The van der Waals surface area contributed by atoms with Crippen LogP contribution in [0.1, 0.15) is 32.2 Å². The first-order valence-corrected chi connectivity index (χ1v) is 13.7. The number of carbonyl (C=O) groups excluding carboxylic acids is 1. The van der Waals surface area contributed by atoms with E-state index in [2.05, 4.69) is 24.7 Å². The largest absolute Gasteiger partial charge is 0.473 e. The minimum Gasteiger partial charge on any atom is -0.473 e. The molecule has 3 aliphatic heterocycles. The van der Waals surface area contributed by atoms with Crippen molar-refractivity contribution in [2.75, 3.05) is 50.8 Å². The van der Waals surface area contributed by atoms with Gasteiger partial charge in [0, 0.05) is 62.4 Å². The van der Waals surface area contributed by atoms with Crippen LogP contribution in [0.2, 0.25) is 0 Å². The minimum atomic E-state index is -0.310. The van der Waals surface area contributed by atoms with E-state index in [-0.39, 0.29) is 23.7 Å². The Hall–Kier alpha value is -3.24. The van der Waals surface area contributed by atoms with Crippen molar-refractivity contribution in [1.29, 1.82) is 0 Å². The highest BCUT2D eigenvalue weighted by Crippen LogP contribution is 2.41. The van der Waals surface area contributed by atoms with Gasteiger partial charge in [-0.3, -0.25) is 9.69 Å². The van der Waals surface area contributed by atoms with Crippen molar-refractivity contribution in [3.63, 3.8) is 0 Å². The number of anilines is 1. The minimum absolute atomic E-state index is 0.0426. The van der Waals surface area contributed by atoms with Crippen LogP contribution in [0.15, 0.2) is 30.6 Å². The van der Waals surface area contributed by atoms with E-state index < -0.39 is 0 Å². The Morgan fingerprint density at radius 2 is 1.95 bits per heavy atom. The molecule has 3 saturated heterocycles. The summed E-state index contributed by atoms with van der Waals surface area (Å²) in [5.41, 5.74) is 3.40. The number of nitrogens with zero attached hydrogens (tertiary/aromatic N) is 5. The second-order valence-corrected chi connectivity index (χ2v) is 11.0. The van der Waals surface area contributed by atoms with Gasteiger partial charge in [0.1, 0.15) is 17.4 Å². The summed E-state index contributed by atoms with van der Waals surface area (Å²) in [7, 11) is 0. The Bertz CT molecular complexity index is 1360. The SMILES string of the molecule is C[C@@H](Oc1nc(-c2ccc(N3CCN(C4COC4)CC3)cc2F)cc2ncn(C3CC3)c12)[C@H]1CNC(=O)C1. The van der Waals surface area contributed by atoms with Gasteiger partial charge in [-0.2, -0.15) is 0 Å². The number of rotatable bonds is 7. The van der Waals surface area contributed by atoms with Crippen LogP contribution in [0.3, 0.4) is 0 Å². The van der Waals surface area contributed by atoms with Crippen molar-refractivity contribution in [3.8, 4) is 17.1 Å². The summed E-state index contributed by atoms with van der Waals surface area (Å²) in [6.07, 6.45) is 4.25. The molecule has 1 aliphatic carbocycles. The normalized spacial score (nSPS) is 23.5. The molecule has 9 nitrogen and oxygen atoms in total. The molecule has 2 atom stereocenters. The maximum absolute atomic E-state index is 15.6. The highest BCUT2D eigenvalue weighted by atomic mass is 19.1. The molecule has 0 bridgehead atoms. The Kier molecular flexibility index (Phi) is 5.96. The number of fused-ring (bicyclic) bond motifs is 1. The number of carbonyl (C=O) groups is 1. The van der Waals surface area contributed by atoms with E-state index in [1.165, 1.54) is 0 Å². The van der Waals surface area contributed by atoms with E-state index >= 15 is 4.39 Å². The quantitative estimate of drug-likeness (QED) is 0.513. The summed E-state index contributed by atoms with van der Waals surface area (Å²) in [5, 5.41) is 2.88. The van der Waals surface area contributed by atoms with Crippen LogP contribution in [0.5, 0.6) is 5.88 Å². The number of halogens is 1. The van der Waals surface area contributed by atoms with Crippen molar-refractivity contribution >= 4 is 22.6 Å². The van der Waals surface area contributed by atoms with Gasteiger partial charge in [-0.05, 0) is 44.0 Å². The smallest absolute Gasteiger partial charge is 0.241 e. The van der Waals surface area contributed by atoms with Gasteiger partial charge < -0.3 is 24.3 Å². The first-order valence-electron chi connectivity index (χ1n) is 13.7. The summed E-state index contributed by atoms with van der Waals surface area (Å²) >= 11 is 0. The zero-order valence-electron chi connectivity index (χ0n) is 21.6.